The summed E-state index contributed by atoms with van der Waals surface area (Å²) in [6.07, 6.45) is 1.88. The fourth-order valence-corrected chi connectivity index (χ4v) is 3.17. The van der Waals surface area contributed by atoms with Crippen LogP contribution in [0.5, 0.6) is 0 Å². The minimum Gasteiger partial charge on any atom is -0.480 e. The number of aliphatic carboxylic acids is 1. The van der Waals surface area contributed by atoms with Gasteiger partial charge in [0.05, 0.1) is 6.42 Å². The molecule has 104 valence electrons. The van der Waals surface area contributed by atoms with Crippen LogP contribution in [0.2, 0.25) is 0 Å². The Morgan fingerprint density at radius 1 is 1.28 bits per heavy atom. The molecule has 1 rings (SSSR count). The van der Waals surface area contributed by atoms with Gasteiger partial charge in [-0.2, -0.15) is 17.4 Å². The molecule has 1 fully saturated rings. The summed E-state index contributed by atoms with van der Waals surface area (Å²) in [5.41, 5.74) is 4.88. The van der Waals surface area contributed by atoms with Crippen molar-refractivity contribution < 1.29 is 23.1 Å². The van der Waals surface area contributed by atoms with Crippen LogP contribution in [0.1, 0.15) is 25.7 Å². The van der Waals surface area contributed by atoms with E-state index in [4.69, 9.17) is 10.8 Å². The molecule has 0 unspecified atom stereocenters. The summed E-state index contributed by atoms with van der Waals surface area (Å²) in [7, 11) is -3.88. The van der Waals surface area contributed by atoms with Crippen LogP contribution >= 0.6 is 0 Å². The van der Waals surface area contributed by atoms with Gasteiger partial charge in [0.25, 0.3) is 10.2 Å². The van der Waals surface area contributed by atoms with Crippen molar-refractivity contribution >= 4 is 22.1 Å². The Hall–Kier alpha value is -1.19. The molecule has 1 heterocycles. The van der Waals surface area contributed by atoms with Crippen LogP contribution in [0.4, 0.5) is 0 Å². The lowest BCUT2D eigenvalue weighted by molar-refractivity contribution is -0.140. The third-order valence-corrected chi connectivity index (χ3v) is 4.28. The van der Waals surface area contributed by atoms with Gasteiger partial charge in [0.15, 0.2) is 0 Å². The number of carbonyl (C=O) groups excluding carboxylic acids is 1. The van der Waals surface area contributed by atoms with Gasteiger partial charge in [0.1, 0.15) is 6.04 Å². The Bertz CT molecular complexity index is 416. The molecule has 8 nitrogen and oxygen atoms in total. The van der Waals surface area contributed by atoms with E-state index in [-0.39, 0.29) is 0 Å². The number of nitrogens with zero attached hydrogens (tertiary/aromatic N) is 1. The van der Waals surface area contributed by atoms with E-state index >= 15 is 0 Å². The molecule has 9 heteroatoms. The molecule has 1 saturated heterocycles. The van der Waals surface area contributed by atoms with Crippen LogP contribution < -0.4 is 10.5 Å². The maximum atomic E-state index is 11.9. The highest BCUT2D eigenvalue weighted by atomic mass is 32.2. The van der Waals surface area contributed by atoms with Gasteiger partial charge in [-0.15, -0.1) is 0 Å². The second-order valence-corrected chi connectivity index (χ2v) is 5.85. The molecule has 1 atom stereocenters. The minimum atomic E-state index is -3.88. The number of carboxylic acid groups (broad SMARTS) is 1. The molecule has 0 aromatic carbocycles. The fraction of sp³-hybridized carbons (Fsp3) is 0.778. The molecule has 1 aliphatic heterocycles. The van der Waals surface area contributed by atoms with Gasteiger partial charge in [-0.3, -0.25) is 9.59 Å². The summed E-state index contributed by atoms with van der Waals surface area (Å²) in [5.74, 6) is -2.29. The molecule has 0 saturated carbocycles. The molecule has 0 aromatic heterocycles. The third kappa shape index (κ3) is 4.24. The van der Waals surface area contributed by atoms with E-state index in [0.717, 1.165) is 19.3 Å². The highest BCUT2D eigenvalue weighted by Gasteiger charge is 2.30. The zero-order chi connectivity index (χ0) is 13.8. The van der Waals surface area contributed by atoms with Gasteiger partial charge in [-0.1, -0.05) is 6.42 Å². The van der Waals surface area contributed by atoms with E-state index in [2.05, 4.69) is 0 Å². The Morgan fingerprint density at radius 3 is 2.28 bits per heavy atom. The van der Waals surface area contributed by atoms with Crippen LogP contribution in [0.3, 0.4) is 0 Å². The van der Waals surface area contributed by atoms with Gasteiger partial charge in [0.2, 0.25) is 5.91 Å². The van der Waals surface area contributed by atoms with Crippen LogP contribution in [-0.4, -0.2) is 48.8 Å². The van der Waals surface area contributed by atoms with Crippen molar-refractivity contribution in [2.45, 2.75) is 31.7 Å². The molecular weight excluding hydrogens is 262 g/mol. The lowest BCUT2D eigenvalue weighted by Gasteiger charge is -2.27. The van der Waals surface area contributed by atoms with Crippen LogP contribution in [0.15, 0.2) is 0 Å². The van der Waals surface area contributed by atoms with Crippen molar-refractivity contribution in [2.75, 3.05) is 13.1 Å². The largest absolute Gasteiger partial charge is 0.480 e. The number of primary amides is 1. The average molecular weight is 279 g/mol. The van der Waals surface area contributed by atoms with Gasteiger partial charge in [0, 0.05) is 13.1 Å². The van der Waals surface area contributed by atoms with Crippen molar-refractivity contribution in [2.24, 2.45) is 5.73 Å². The summed E-state index contributed by atoms with van der Waals surface area (Å²) >= 11 is 0. The summed E-state index contributed by atoms with van der Waals surface area (Å²) in [6, 6.07) is -1.52. The molecule has 0 spiro atoms. The molecule has 0 radical (unpaired) electrons. The van der Waals surface area contributed by atoms with Crippen LogP contribution in [0, 0.1) is 0 Å². The van der Waals surface area contributed by atoms with Gasteiger partial charge in [-0.05, 0) is 12.8 Å². The minimum absolute atomic E-state index is 0.359. The lowest BCUT2D eigenvalue weighted by atomic mass is 10.2. The summed E-state index contributed by atoms with van der Waals surface area (Å²) in [4.78, 5) is 21.5. The Balaban J connectivity index is 2.71. The number of piperidine rings is 1. The summed E-state index contributed by atoms with van der Waals surface area (Å²) < 4.78 is 26.9. The number of rotatable bonds is 6. The Labute approximate surface area is 105 Å². The van der Waals surface area contributed by atoms with E-state index in [1.54, 1.807) is 0 Å². The van der Waals surface area contributed by atoms with Gasteiger partial charge in [-0.25, -0.2) is 0 Å². The van der Waals surface area contributed by atoms with E-state index < -0.39 is 34.5 Å². The predicted octanol–water partition coefficient (Wildman–Crippen LogP) is -1.36. The summed E-state index contributed by atoms with van der Waals surface area (Å²) in [5, 5.41) is 8.83. The number of carboxylic acids is 1. The monoisotopic (exact) mass is 279 g/mol. The predicted molar refractivity (Wildman–Crippen MR) is 62.7 cm³/mol. The first-order valence-corrected chi connectivity index (χ1v) is 7.05. The molecule has 1 aliphatic rings. The maximum Gasteiger partial charge on any atom is 0.322 e. The molecule has 1 amide bonds. The molecule has 4 N–H and O–H groups in total. The quantitative estimate of drug-likeness (QED) is 0.552. The average Bonchev–Trinajstić information content (AvgIpc) is 2.28. The van der Waals surface area contributed by atoms with Crippen molar-refractivity contribution in [3.05, 3.63) is 0 Å². The molecular formula is C9H17N3O5S. The maximum absolute atomic E-state index is 11.9. The Kier molecular flexibility index (Phi) is 5.05. The molecule has 0 aliphatic carbocycles. The number of amides is 1. The number of nitrogens with two attached hydrogens (primary N) is 1. The van der Waals surface area contributed by atoms with E-state index in [1.165, 1.54) is 4.31 Å². The smallest absolute Gasteiger partial charge is 0.322 e. The van der Waals surface area contributed by atoms with Crippen molar-refractivity contribution in [1.82, 2.24) is 9.03 Å². The fourth-order valence-electron chi connectivity index (χ4n) is 1.74. The second-order valence-electron chi connectivity index (χ2n) is 4.14. The number of nitrogens with one attached hydrogen (secondary N) is 1. The van der Waals surface area contributed by atoms with E-state index in [1.807, 2.05) is 4.72 Å². The highest BCUT2D eigenvalue weighted by Crippen LogP contribution is 2.12. The van der Waals surface area contributed by atoms with Crippen molar-refractivity contribution in [3.63, 3.8) is 0 Å². The topological polar surface area (TPSA) is 130 Å². The van der Waals surface area contributed by atoms with Crippen LogP contribution in [0.25, 0.3) is 0 Å². The first kappa shape index (κ1) is 14.9. The normalized spacial score (nSPS) is 19.3. The van der Waals surface area contributed by atoms with Gasteiger partial charge >= 0.3 is 5.97 Å². The van der Waals surface area contributed by atoms with Crippen molar-refractivity contribution in [1.29, 1.82) is 0 Å². The lowest BCUT2D eigenvalue weighted by Crippen LogP contribution is -2.50. The number of hydrogen-bond donors (Lipinski definition) is 3. The van der Waals surface area contributed by atoms with E-state index in [9.17, 15) is 18.0 Å². The molecule has 0 bridgehead atoms. The SMILES string of the molecule is NC(=O)C[C@@H](NS(=O)(=O)N1CCCCC1)C(=O)O. The van der Waals surface area contributed by atoms with E-state index in [0.29, 0.717) is 13.1 Å². The number of carbonyl (C=O) groups is 2. The van der Waals surface area contributed by atoms with Crippen molar-refractivity contribution in [3.8, 4) is 0 Å². The van der Waals surface area contributed by atoms with Gasteiger partial charge < -0.3 is 10.8 Å². The second kappa shape index (κ2) is 6.12. The first-order valence-electron chi connectivity index (χ1n) is 5.61. The third-order valence-electron chi connectivity index (χ3n) is 2.65. The zero-order valence-corrected chi connectivity index (χ0v) is 10.6. The summed E-state index contributed by atoms with van der Waals surface area (Å²) in [6.45, 7) is 0.719. The molecule has 0 aromatic rings. The zero-order valence-electron chi connectivity index (χ0n) is 9.83. The molecule has 18 heavy (non-hydrogen) atoms. The standard InChI is InChI=1S/C9H17N3O5S/c10-8(13)6-7(9(14)15)11-18(16,17)12-4-2-1-3-5-12/h7,11H,1-6H2,(H2,10,13)(H,14,15)/t7-/m1/s1. The highest BCUT2D eigenvalue weighted by molar-refractivity contribution is 7.87. The number of hydrogen-bond acceptors (Lipinski definition) is 4. The van der Waals surface area contributed by atoms with Crippen LogP contribution in [-0.2, 0) is 19.8 Å². The first-order chi connectivity index (χ1) is 8.33. The Morgan fingerprint density at radius 2 is 1.83 bits per heavy atom.